The molecule has 112 valence electrons. The highest BCUT2D eigenvalue weighted by Gasteiger charge is 2.17. The minimum Gasteiger partial charge on any atom is -0.493 e. The van der Waals surface area contributed by atoms with Crippen LogP contribution in [0.25, 0.3) is 0 Å². The van der Waals surface area contributed by atoms with Crippen molar-refractivity contribution in [1.82, 2.24) is 4.98 Å². The highest BCUT2D eigenvalue weighted by Crippen LogP contribution is 2.30. The summed E-state index contributed by atoms with van der Waals surface area (Å²) in [6.07, 6.45) is 1.34. The molecule has 0 aliphatic carbocycles. The Morgan fingerprint density at radius 2 is 1.81 bits per heavy atom. The number of nitrogens with two attached hydrogens (primary N) is 1. The fraction of sp³-hybridized carbons (Fsp3) is 0.154. The van der Waals surface area contributed by atoms with E-state index in [1.807, 2.05) is 0 Å². The molecule has 1 aromatic carbocycles. The van der Waals surface area contributed by atoms with Gasteiger partial charge in [-0.25, -0.2) is 13.4 Å². The van der Waals surface area contributed by atoms with Crippen LogP contribution in [-0.2, 0) is 10.0 Å². The van der Waals surface area contributed by atoms with Gasteiger partial charge in [0.2, 0.25) is 0 Å². The summed E-state index contributed by atoms with van der Waals surface area (Å²) in [4.78, 5) is 3.88. The van der Waals surface area contributed by atoms with Gasteiger partial charge in [0.1, 0.15) is 5.82 Å². The number of benzene rings is 1. The number of methoxy groups -OCH3 is 2. The molecule has 1 aromatic heterocycles. The highest BCUT2D eigenvalue weighted by atomic mass is 32.2. The molecular weight excluding hydrogens is 294 g/mol. The van der Waals surface area contributed by atoms with Gasteiger partial charge < -0.3 is 15.2 Å². The average Bonchev–Trinajstić information content (AvgIpc) is 2.48. The summed E-state index contributed by atoms with van der Waals surface area (Å²) in [6, 6.07) is 7.36. The summed E-state index contributed by atoms with van der Waals surface area (Å²) in [7, 11) is -0.838. The average molecular weight is 309 g/mol. The van der Waals surface area contributed by atoms with E-state index in [2.05, 4.69) is 9.71 Å². The van der Waals surface area contributed by atoms with Gasteiger partial charge in [0, 0.05) is 6.07 Å². The van der Waals surface area contributed by atoms with Gasteiger partial charge in [0.05, 0.1) is 31.0 Å². The highest BCUT2D eigenvalue weighted by molar-refractivity contribution is 7.92. The third kappa shape index (κ3) is 3.34. The zero-order valence-corrected chi connectivity index (χ0v) is 12.3. The van der Waals surface area contributed by atoms with Crippen LogP contribution < -0.4 is 19.9 Å². The number of rotatable bonds is 5. The molecule has 0 saturated carbocycles. The molecule has 8 heteroatoms. The molecule has 0 aliphatic rings. The number of pyridine rings is 1. The number of sulfonamides is 1. The molecule has 0 aliphatic heterocycles. The van der Waals surface area contributed by atoms with Gasteiger partial charge in [-0.2, -0.15) is 0 Å². The van der Waals surface area contributed by atoms with Crippen LogP contribution in [0.1, 0.15) is 0 Å². The van der Waals surface area contributed by atoms with E-state index in [4.69, 9.17) is 15.2 Å². The molecule has 2 aromatic rings. The number of nitrogen functional groups attached to an aromatic ring is 1. The number of anilines is 2. The smallest absolute Gasteiger partial charge is 0.262 e. The van der Waals surface area contributed by atoms with Gasteiger partial charge in [-0.1, -0.05) is 0 Å². The third-order valence-electron chi connectivity index (χ3n) is 2.70. The maximum Gasteiger partial charge on any atom is 0.262 e. The van der Waals surface area contributed by atoms with E-state index in [-0.39, 0.29) is 4.90 Å². The van der Waals surface area contributed by atoms with Gasteiger partial charge >= 0.3 is 0 Å². The number of nitrogens with zero attached hydrogens (tertiary/aromatic N) is 1. The lowest BCUT2D eigenvalue weighted by Gasteiger charge is -2.11. The molecule has 0 atom stereocenters. The first-order valence-electron chi connectivity index (χ1n) is 5.92. The van der Waals surface area contributed by atoms with Crippen molar-refractivity contribution >= 4 is 21.5 Å². The second kappa shape index (κ2) is 5.88. The van der Waals surface area contributed by atoms with Crippen molar-refractivity contribution in [3.63, 3.8) is 0 Å². The predicted molar refractivity (Wildman–Crippen MR) is 79.0 cm³/mol. The Morgan fingerprint density at radius 3 is 2.38 bits per heavy atom. The van der Waals surface area contributed by atoms with Crippen LogP contribution in [0, 0.1) is 0 Å². The normalized spacial score (nSPS) is 11.0. The molecule has 0 saturated heterocycles. The van der Waals surface area contributed by atoms with Crippen molar-refractivity contribution in [2.24, 2.45) is 0 Å². The fourth-order valence-electron chi connectivity index (χ4n) is 1.66. The molecule has 0 unspecified atom stereocenters. The first-order valence-corrected chi connectivity index (χ1v) is 7.41. The lowest BCUT2D eigenvalue weighted by Crippen LogP contribution is -2.13. The SMILES string of the molecule is COc1ccc(S(=O)(=O)Nc2ccc(N)nc2)cc1OC. The minimum absolute atomic E-state index is 0.0528. The van der Waals surface area contributed by atoms with Crippen molar-refractivity contribution in [3.8, 4) is 11.5 Å². The summed E-state index contributed by atoms with van der Waals surface area (Å²) in [5.41, 5.74) is 5.77. The summed E-state index contributed by atoms with van der Waals surface area (Å²) < 4.78 is 37.1. The van der Waals surface area contributed by atoms with Crippen LogP contribution in [0.5, 0.6) is 11.5 Å². The maximum atomic E-state index is 12.3. The van der Waals surface area contributed by atoms with Crippen molar-refractivity contribution in [3.05, 3.63) is 36.5 Å². The van der Waals surface area contributed by atoms with E-state index in [1.165, 1.54) is 50.7 Å². The van der Waals surface area contributed by atoms with Crippen LogP contribution in [0.15, 0.2) is 41.4 Å². The fourth-order valence-corrected chi connectivity index (χ4v) is 2.72. The molecule has 7 nitrogen and oxygen atoms in total. The topological polar surface area (TPSA) is 104 Å². The van der Waals surface area contributed by atoms with Crippen LogP contribution >= 0.6 is 0 Å². The predicted octanol–water partition coefficient (Wildman–Crippen LogP) is 1.48. The van der Waals surface area contributed by atoms with Crippen molar-refractivity contribution in [2.75, 3.05) is 24.7 Å². The summed E-state index contributed by atoms with van der Waals surface area (Å²) in [6.45, 7) is 0. The van der Waals surface area contributed by atoms with Crippen molar-refractivity contribution in [2.45, 2.75) is 4.90 Å². The molecule has 0 amide bonds. The van der Waals surface area contributed by atoms with Gasteiger partial charge in [-0.15, -0.1) is 0 Å². The molecule has 0 radical (unpaired) electrons. The quantitative estimate of drug-likeness (QED) is 0.867. The van der Waals surface area contributed by atoms with E-state index >= 15 is 0 Å². The van der Waals surface area contributed by atoms with Crippen molar-refractivity contribution in [1.29, 1.82) is 0 Å². The van der Waals surface area contributed by atoms with E-state index in [9.17, 15) is 8.42 Å². The summed E-state index contributed by atoms with van der Waals surface area (Å²) >= 11 is 0. The number of hydrogen-bond donors (Lipinski definition) is 2. The zero-order valence-electron chi connectivity index (χ0n) is 11.5. The Bertz CT molecular complexity index is 730. The zero-order chi connectivity index (χ0) is 15.5. The van der Waals surface area contributed by atoms with Crippen LogP contribution in [-0.4, -0.2) is 27.6 Å². The Morgan fingerprint density at radius 1 is 1.10 bits per heavy atom. The van der Waals surface area contributed by atoms with E-state index in [0.29, 0.717) is 23.0 Å². The number of nitrogens with one attached hydrogen (secondary N) is 1. The van der Waals surface area contributed by atoms with Gasteiger partial charge in [-0.3, -0.25) is 4.72 Å². The lowest BCUT2D eigenvalue weighted by atomic mass is 10.3. The molecule has 21 heavy (non-hydrogen) atoms. The van der Waals surface area contributed by atoms with E-state index in [1.54, 1.807) is 0 Å². The van der Waals surface area contributed by atoms with Gasteiger partial charge in [0.15, 0.2) is 11.5 Å². The Labute approximate surface area is 122 Å². The minimum atomic E-state index is -3.75. The first kappa shape index (κ1) is 14.9. The lowest BCUT2D eigenvalue weighted by molar-refractivity contribution is 0.354. The summed E-state index contributed by atoms with van der Waals surface area (Å²) in [5.74, 6) is 1.09. The third-order valence-corrected chi connectivity index (χ3v) is 4.08. The Balaban J connectivity index is 2.33. The molecule has 3 N–H and O–H groups in total. The summed E-state index contributed by atoms with van der Waals surface area (Å²) in [5, 5.41) is 0. The second-order valence-electron chi connectivity index (χ2n) is 4.09. The largest absolute Gasteiger partial charge is 0.493 e. The first-order chi connectivity index (χ1) is 9.96. The molecule has 0 bridgehead atoms. The molecule has 0 fully saturated rings. The van der Waals surface area contributed by atoms with Crippen molar-refractivity contribution < 1.29 is 17.9 Å². The van der Waals surface area contributed by atoms with Crippen LogP contribution in [0.4, 0.5) is 11.5 Å². The number of hydrogen-bond acceptors (Lipinski definition) is 6. The number of ether oxygens (including phenoxy) is 2. The molecule has 1 heterocycles. The number of aromatic nitrogens is 1. The van der Waals surface area contributed by atoms with Crippen LogP contribution in [0.3, 0.4) is 0 Å². The van der Waals surface area contributed by atoms with E-state index < -0.39 is 10.0 Å². The van der Waals surface area contributed by atoms with Crippen LogP contribution in [0.2, 0.25) is 0 Å². The van der Waals surface area contributed by atoms with Gasteiger partial charge in [-0.05, 0) is 24.3 Å². The Kier molecular flexibility index (Phi) is 4.18. The maximum absolute atomic E-state index is 12.3. The second-order valence-corrected chi connectivity index (χ2v) is 5.78. The monoisotopic (exact) mass is 309 g/mol. The molecule has 2 rings (SSSR count). The molecule has 0 spiro atoms. The standard InChI is InChI=1S/C13H15N3O4S/c1-19-11-5-4-10(7-12(11)20-2)21(17,18)16-9-3-6-13(14)15-8-9/h3-8,16H,1-2H3,(H2,14,15). The molecular formula is C13H15N3O4S. The van der Waals surface area contributed by atoms with Gasteiger partial charge in [0.25, 0.3) is 10.0 Å². The van der Waals surface area contributed by atoms with E-state index in [0.717, 1.165) is 0 Å². The Hall–Kier alpha value is -2.48.